The van der Waals surface area contributed by atoms with Gasteiger partial charge in [-0.3, -0.25) is 4.79 Å². The van der Waals surface area contributed by atoms with Crippen molar-refractivity contribution in [3.05, 3.63) is 47.7 Å². The number of carbonyl (C=O) groups excluding carboxylic acids is 1. The van der Waals surface area contributed by atoms with E-state index in [-0.39, 0.29) is 5.91 Å². The Morgan fingerprint density at radius 2 is 2.00 bits per heavy atom. The summed E-state index contributed by atoms with van der Waals surface area (Å²) >= 11 is 0. The second kappa shape index (κ2) is 7.77. The highest BCUT2D eigenvalue weighted by molar-refractivity contribution is 5.90. The van der Waals surface area contributed by atoms with Crippen molar-refractivity contribution in [2.24, 2.45) is 5.92 Å². The van der Waals surface area contributed by atoms with E-state index in [1.807, 2.05) is 26.0 Å². The van der Waals surface area contributed by atoms with Crippen LogP contribution in [0.1, 0.15) is 38.3 Å². The highest BCUT2D eigenvalue weighted by Gasteiger charge is 2.07. The first-order chi connectivity index (χ1) is 11.0. The zero-order valence-electron chi connectivity index (χ0n) is 14.3. The fourth-order valence-corrected chi connectivity index (χ4v) is 2.45. The molecule has 0 aliphatic heterocycles. The molecule has 4 heteroatoms. The maximum absolute atomic E-state index is 11.8. The van der Waals surface area contributed by atoms with Crippen LogP contribution in [0.4, 0.5) is 17.2 Å². The van der Waals surface area contributed by atoms with E-state index in [1.54, 1.807) is 6.20 Å². The Morgan fingerprint density at radius 3 is 2.61 bits per heavy atom. The van der Waals surface area contributed by atoms with E-state index in [0.717, 1.165) is 23.6 Å². The van der Waals surface area contributed by atoms with Crippen molar-refractivity contribution in [1.82, 2.24) is 4.98 Å². The van der Waals surface area contributed by atoms with Crippen LogP contribution in [0.5, 0.6) is 0 Å². The summed E-state index contributed by atoms with van der Waals surface area (Å²) in [5.41, 5.74) is 4.29. The van der Waals surface area contributed by atoms with E-state index in [2.05, 4.69) is 47.7 Å². The van der Waals surface area contributed by atoms with Crippen LogP contribution in [0, 0.1) is 12.8 Å². The molecule has 0 spiro atoms. The lowest BCUT2D eigenvalue weighted by Gasteiger charge is -2.14. The van der Waals surface area contributed by atoms with Gasteiger partial charge in [-0.15, -0.1) is 0 Å². The molecule has 0 atom stereocenters. The summed E-state index contributed by atoms with van der Waals surface area (Å²) < 4.78 is 0. The minimum absolute atomic E-state index is 0.0229. The summed E-state index contributed by atoms with van der Waals surface area (Å²) in [6.07, 6.45) is 3.17. The average Bonchev–Trinajstić information content (AvgIpc) is 2.50. The molecule has 1 aromatic carbocycles. The van der Waals surface area contributed by atoms with Gasteiger partial charge in [0, 0.05) is 12.1 Å². The van der Waals surface area contributed by atoms with Crippen molar-refractivity contribution in [3.63, 3.8) is 0 Å². The van der Waals surface area contributed by atoms with Crippen LogP contribution in [0.15, 0.2) is 36.5 Å². The van der Waals surface area contributed by atoms with Gasteiger partial charge in [0.25, 0.3) is 0 Å². The van der Waals surface area contributed by atoms with Gasteiger partial charge >= 0.3 is 0 Å². The molecule has 1 heterocycles. The molecule has 1 aromatic heterocycles. The van der Waals surface area contributed by atoms with Gasteiger partial charge in [0.15, 0.2) is 0 Å². The summed E-state index contributed by atoms with van der Waals surface area (Å²) in [5.74, 6) is 1.14. The van der Waals surface area contributed by atoms with E-state index in [9.17, 15) is 4.79 Å². The minimum Gasteiger partial charge on any atom is -0.340 e. The van der Waals surface area contributed by atoms with Crippen molar-refractivity contribution >= 4 is 23.1 Å². The van der Waals surface area contributed by atoms with Gasteiger partial charge in [-0.1, -0.05) is 39.0 Å². The van der Waals surface area contributed by atoms with E-state index in [1.165, 1.54) is 11.1 Å². The smallest absolute Gasteiger partial charge is 0.224 e. The number of aromatic nitrogens is 1. The molecule has 0 radical (unpaired) electrons. The number of pyridine rings is 1. The Labute approximate surface area is 138 Å². The molecule has 2 N–H and O–H groups in total. The molecule has 0 fully saturated rings. The lowest BCUT2D eigenvalue weighted by atomic mass is 10.1. The van der Waals surface area contributed by atoms with E-state index in [4.69, 9.17) is 0 Å². The second-order valence-corrected chi connectivity index (χ2v) is 6.17. The number of rotatable bonds is 6. The summed E-state index contributed by atoms with van der Waals surface area (Å²) in [6, 6.07) is 10.0. The maximum Gasteiger partial charge on any atom is 0.224 e. The number of carbonyl (C=O) groups is 1. The molecule has 0 aliphatic carbocycles. The number of hydrogen-bond acceptors (Lipinski definition) is 3. The van der Waals surface area contributed by atoms with Gasteiger partial charge in [0.2, 0.25) is 5.91 Å². The third-order valence-electron chi connectivity index (χ3n) is 3.63. The predicted molar refractivity (Wildman–Crippen MR) is 96.2 cm³/mol. The molecule has 0 aliphatic rings. The second-order valence-electron chi connectivity index (χ2n) is 6.17. The molecule has 23 heavy (non-hydrogen) atoms. The monoisotopic (exact) mass is 311 g/mol. The number of hydrogen-bond donors (Lipinski definition) is 2. The lowest BCUT2D eigenvalue weighted by molar-refractivity contribution is -0.116. The molecular weight excluding hydrogens is 286 g/mol. The quantitative estimate of drug-likeness (QED) is 0.814. The fourth-order valence-electron chi connectivity index (χ4n) is 2.45. The average molecular weight is 311 g/mol. The Hall–Kier alpha value is -2.36. The molecule has 0 unspecified atom stereocenters. The van der Waals surface area contributed by atoms with Gasteiger partial charge in [0.1, 0.15) is 5.82 Å². The van der Waals surface area contributed by atoms with Crippen molar-refractivity contribution < 1.29 is 4.79 Å². The lowest BCUT2D eigenvalue weighted by Crippen LogP contribution is -2.14. The Kier molecular flexibility index (Phi) is 5.74. The van der Waals surface area contributed by atoms with E-state index in [0.29, 0.717) is 12.3 Å². The third-order valence-corrected chi connectivity index (χ3v) is 3.63. The molecule has 0 saturated heterocycles. The third kappa shape index (κ3) is 4.81. The van der Waals surface area contributed by atoms with Crippen molar-refractivity contribution in [2.45, 2.75) is 40.5 Å². The zero-order chi connectivity index (χ0) is 16.8. The molecule has 4 nitrogen and oxygen atoms in total. The standard InChI is InChI=1S/C19H25N3O/c1-5-15-8-6-7-14(4)19(15)22-17-10-9-16(12-20-17)21-18(23)11-13(2)3/h6-10,12-13H,5,11H2,1-4H3,(H,20,22)(H,21,23). The van der Waals surface area contributed by atoms with Crippen LogP contribution in [0.25, 0.3) is 0 Å². The fraction of sp³-hybridized carbons (Fsp3) is 0.368. The summed E-state index contributed by atoms with van der Waals surface area (Å²) in [5, 5.41) is 6.25. The van der Waals surface area contributed by atoms with Gasteiger partial charge in [0.05, 0.1) is 11.9 Å². The number of aryl methyl sites for hydroxylation is 2. The van der Waals surface area contributed by atoms with Gasteiger partial charge in [-0.05, 0) is 42.5 Å². The van der Waals surface area contributed by atoms with Gasteiger partial charge in [-0.25, -0.2) is 4.98 Å². The SMILES string of the molecule is CCc1cccc(C)c1Nc1ccc(NC(=O)CC(C)C)cn1. The van der Waals surface area contributed by atoms with Gasteiger partial charge in [-0.2, -0.15) is 0 Å². The summed E-state index contributed by atoms with van der Waals surface area (Å²) in [4.78, 5) is 16.2. The predicted octanol–water partition coefficient (Wildman–Crippen LogP) is 4.68. The molecule has 1 amide bonds. The zero-order valence-corrected chi connectivity index (χ0v) is 14.3. The van der Waals surface area contributed by atoms with E-state index >= 15 is 0 Å². The number of nitrogens with one attached hydrogen (secondary N) is 2. The topological polar surface area (TPSA) is 54.0 Å². The maximum atomic E-state index is 11.8. The van der Waals surface area contributed by atoms with Crippen LogP contribution in [-0.4, -0.2) is 10.9 Å². The van der Waals surface area contributed by atoms with Crippen LogP contribution >= 0.6 is 0 Å². The van der Waals surface area contributed by atoms with Crippen LogP contribution in [0.3, 0.4) is 0 Å². The first-order valence-corrected chi connectivity index (χ1v) is 8.11. The largest absolute Gasteiger partial charge is 0.340 e. The summed E-state index contributed by atoms with van der Waals surface area (Å²) in [7, 11) is 0. The molecule has 0 bridgehead atoms. The number of anilines is 3. The van der Waals surface area contributed by atoms with E-state index < -0.39 is 0 Å². The van der Waals surface area contributed by atoms with Crippen LogP contribution < -0.4 is 10.6 Å². The van der Waals surface area contributed by atoms with Crippen LogP contribution in [-0.2, 0) is 11.2 Å². The highest BCUT2D eigenvalue weighted by atomic mass is 16.1. The molecule has 2 aromatic rings. The van der Waals surface area contributed by atoms with Crippen LogP contribution in [0.2, 0.25) is 0 Å². The Bertz CT molecular complexity index is 663. The molecule has 122 valence electrons. The molecule has 0 saturated carbocycles. The number of amides is 1. The van der Waals surface area contributed by atoms with Crippen molar-refractivity contribution in [2.75, 3.05) is 10.6 Å². The number of nitrogens with zero attached hydrogens (tertiary/aromatic N) is 1. The first kappa shape index (κ1) is 17.0. The molecule has 2 rings (SSSR count). The number of benzene rings is 1. The Morgan fingerprint density at radius 1 is 1.22 bits per heavy atom. The van der Waals surface area contributed by atoms with Crippen molar-refractivity contribution in [1.29, 1.82) is 0 Å². The normalized spacial score (nSPS) is 10.7. The number of para-hydroxylation sites is 1. The van der Waals surface area contributed by atoms with Crippen molar-refractivity contribution in [3.8, 4) is 0 Å². The summed E-state index contributed by atoms with van der Waals surface area (Å²) in [6.45, 7) is 8.28. The first-order valence-electron chi connectivity index (χ1n) is 8.11. The minimum atomic E-state index is 0.0229. The molecular formula is C19H25N3O. The highest BCUT2D eigenvalue weighted by Crippen LogP contribution is 2.25. The Balaban J connectivity index is 2.07. The van der Waals surface area contributed by atoms with Gasteiger partial charge < -0.3 is 10.6 Å².